The van der Waals surface area contributed by atoms with Gasteiger partial charge in [0, 0.05) is 18.7 Å². The number of hydrogen-bond acceptors (Lipinski definition) is 1. The Morgan fingerprint density at radius 1 is 1.18 bits per heavy atom. The van der Waals surface area contributed by atoms with E-state index >= 15 is 0 Å². The molecule has 0 aliphatic carbocycles. The van der Waals surface area contributed by atoms with Crippen LogP contribution in [0.5, 0.6) is 0 Å². The molecule has 0 atom stereocenters. The van der Waals surface area contributed by atoms with Crippen LogP contribution in [0.2, 0.25) is 0 Å². The Bertz CT molecular complexity index is 419. The summed E-state index contributed by atoms with van der Waals surface area (Å²) in [7, 11) is 0. The van der Waals surface area contributed by atoms with Gasteiger partial charge >= 0.3 is 0 Å². The van der Waals surface area contributed by atoms with Gasteiger partial charge in [0.05, 0.1) is 0 Å². The smallest absolute Gasteiger partial charge is 0.137 e. The Morgan fingerprint density at radius 3 is 2.29 bits per heavy atom. The quantitative estimate of drug-likeness (QED) is 0.719. The van der Waals surface area contributed by atoms with Gasteiger partial charge in [-0.15, -0.1) is 0 Å². The highest BCUT2D eigenvalue weighted by Gasteiger charge is 1.98. The molecule has 2 nitrogen and oxygen atoms in total. The van der Waals surface area contributed by atoms with Crippen LogP contribution in [0.3, 0.4) is 0 Å². The van der Waals surface area contributed by atoms with Gasteiger partial charge in [0.2, 0.25) is 0 Å². The average molecular weight is 236 g/mol. The number of H-pyrrole nitrogens is 1. The van der Waals surface area contributed by atoms with Gasteiger partial charge in [-0.2, -0.15) is 0 Å². The third-order valence-corrected chi connectivity index (χ3v) is 2.36. The lowest BCUT2D eigenvalue weighted by atomic mass is 10.2. The molecule has 2 heteroatoms. The maximum absolute atomic E-state index is 4.34. The van der Waals surface area contributed by atoms with Crippen LogP contribution < -0.4 is 0 Å². The number of nitrogens with one attached hydrogen (secondary N) is 1. The van der Waals surface area contributed by atoms with Crippen molar-refractivity contribution in [1.82, 2.24) is 9.97 Å². The summed E-state index contributed by atoms with van der Waals surface area (Å²) in [4.78, 5) is 7.43. The van der Waals surface area contributed by atoms with Crippen molar-refractivity contribution in [2.24, 2.45) is 0 Å². The minimum atomic E-state index is 0. The highest BCUT2D eigenvalue weighted by atomic mass is 14.8. The molecule has 2 heterocycles. The molecule has 1 N–H and O–H groups in total. The van der Waals surface area contributed by atoms with E-state index in [0.717, 1.165) is 11.3 Å². The van der Waals surface area contributed by atoms with Crippen molar-refractivity contribution in [2.45, 2.75) is 54.4 Å². The second kappa shape index (κ2) is 8.80. The van der Waals surface area contributed by atoms with Crippen LogP contribution in [0.15, 0.2) is 18.3 Å². The summed E-state index contributed by atoms with van der Waals surface area (Å²) in [5, 5.41) is 1.22. The summed E-state index contributed by atoms with van der Waals surface area (Å²) in [6, 6.07) is 4.15. The molecule has 0 unspecified atom stereocenters. The van der Waals surface area contributed by atoms with E-state index < -0.39 is 0 Å². The Kier molecular flexibility index (Phi) is 8.12. The summed E-state index contributed by atoms with van der Waals surface area (Å²) < 4.78 is 0. The fourth-order valence-corrected chi connectivity index (χ4v) is 1.37. The van der Waals surface area contributed by atoms with Crippen molar-refractivity contribution in [1.29, 1.82) is 0 Å². The number of fused-ring (bicyclic) bond motifs is 1. The van der Waals surface area contributed by atoms with Gasteiger partial charge in [0.1, 0.15) is 5.65 Å². The van der Waals surface area contributed by atoms with Crippen molar-refractivity contribution >= 4 is 11.0 Å². The normalized spacial score (nSPS) is 9.06. The van der Waals surface area contributed by atoms with Gasteiger partial charge in [-0.1, -0.05) is 40.5 Å². The topological polar surface area (TPSA) is 28.7 Å². The highest BCUT2D eigenvalue weighted by Crippen LogP contribution is 2.15. The summed E-state index contributed by atoms with van der Waals surface area (Å²) in [6.45, 7) is 12.5. The lowest BCUT2D eigenvalue weighted by Gasteiger charge is -1.96. The average Bonchev–Trinajstić information content (AvgIpc) is 2.80. The molecule has 0 radical (unpaired) electrons. The van der Waals surface area contributed by atoms with E-state index in [2.05, 4.69) is 42.9 Å². The van der Waals surface area contributed by atoms with Gasteiger partial charge in [0.25, 0.3) is 0 Å². The number of rotatable bonds is 1. The molecule has 0 aromatic carbocycles. The molecule has 0 spiro atoms. The minimum Gasteiger partial charge on any atom is -0.346 e. The first kappa shape index (κ1) is 15.7. The SMILES string of the molecule is CC.CCCC.Cc1cc(C)c2cc[nH]c2n1.[HH]. The monoisotopic (exact) mass is 236 g/mol. The Balaban J connectivity index is 0. The zero-order chi connectivity index (χ0) is 13.3. The van der Waals surface area contributed by atoms with E-state index in [9.17, 15) is 0 Å². The van der Waals surface area contributed by atoms with E-state index in [0.29, 0.717) is 0 Å². The molecule has 0 fully saturated rings. The minimum absolute atomic E-state index is 0. The lowest BCUT2D eigenvalue weighted by Crippen LogP contribution is -1.84. The summed E-state index contributed by atoms with van der Waals surface area (Å²) in [5.41, 5.74) is 3.34. The van der Waals surface area contributed by atoms with Gasteiger partial charge in [-0.05, 0) is 31.5 Å². The zero-order valence-electron chi connectivity index (χ0n) is 12.1. The van der Waals surface area contributed by atoms with Crippen molar-refractivity contribution in [2.75, 3.05) is 0 Å². The van der Waals surface area contributed by atoms with Crippen molar-refractivity contribution < 1.29 is 1.43 Å². The Morgan fingerprint density at radius 2 is 1.76 bits per heavy atom. The van der Waals surface area contributed by atoms with Crippen LogP contribution in [-0.2, 0) is 0 Å². The highest BCUT2D eigenvalue weighted by molar-refractivity contribution is 5.79. The van der Waals surface area contributed by atoms with Crippen molar-refractivity contribution in [3.8, 4) is 0 Å². The van der Waals surface area contributed by atoms with E-state index in [-0.39, 0.29) is 1.43 Å². The zero-order valence-corrected chi connectivity index (χ0v) is 12.1. The standard InChI is InChI=1S/C9H10N2.C4H10.C2H6.H2/c1-6-5-7(2)11-9-8(6)3-4-10-9;1-3-4-2;1-2;/h3-5H,1-2H3,(H,10,11);3-4H2,1-2H3;1-2H3;1H. The van der Waals surface area contributed by atoms with Gasteiger partial charge in [0.15, 0.2) is 0 Å². The summed E-state index contributed by atoms with van der Waals surface area (Å²) in [5.74, 6) is 0. The van der Waals surface area contributed by atoms with Gasteiger partial charge in [-0.25, -0.2) is 4.98 Å². The van der Waals surface area contributed by atoms with Gasteiger partial charge in [-0.3, -0.25) is 0 Å². The molecule has 0 amide bonds. The largest absolute Gasteiger partial charge is 0.346 e. The molecular formula is C15H28N2. The second-order valence-corrected chi connectivity index (χ2v) is 3.82. The molecule has 0 saturated carbocycles. The fourth-order valence-electron chi connectivity index (χ4n) is 1.37. The molecule has 0 aliphatic heterocycles. The summed E-state index contributed by atoms with van der Waals surface area (Å²) >= 11 is 0. The number of pyridine rings is 1. The van der Waals surface area contributed by atoms with Crippen LogP contribution in [0.25, 0.3) is 11.0 Å². The van der Waals surface area contributed by atoms with E-state index in [1.807, 2.05) is 27.0 Å². The second-order valence-electron chi connectivity index (χ2n) is 3.82. The van der Waals surface area contributed by atoms with E-state index in [1.54, 1.807) is 0 Å². The first-order chi connectivity index (χ1) is 8.19. The number of unbranched alkanes of at least 4 members (excludes halogenated alkanes) is 1. The molecule has 0 saturated heterocycles. The molecule has 2 aromatic rings. The molecule has 2 rings (SSSR count). The van der Waals surface area contributed by atoms with Crippen LogP contribution in [-0.4, -0.2) is 9.97 Å². The molecule has 0 bridgehead atoms. The molecular weight excluding hydrogens is 208 g/mol. The molecule has 17 heavy (non-hydrogen) atoms. The lowest BCUT2D eigenvalue weighted by molar-refractivity contribution is 0.886. The van der Waals surface area contributed by atoms with Gasteiger partial charge < -0.3 is 4.98 Å². The van der Waals surface area contributed by atoms with Crippen LogP contribution in [0, 0.1) is 13.8 Å². The summed E-state index contributed by atoms with van der Waals surface area (Å²) in [6.07, 6.45) is 4.56. The first-order valence-corrected chi connectivity index (χ1v) is 6.60. The number of nitrogens with zero attached hydrogens (tertiary/aromatic N) is 1. The van der Waals surface area contributed by atoms with Crippen molar-refractivity contribution in [3.63, 3.8) is 0 Å². The number of hydrogen-bond donors (Lipinski definition) is 1. The molecule has 2 aromatic heterocycles. The number of aryl methyl sites for hydroxylation is 2. The molecule has 98 valence electrons. The van der Waals surface area contributed by atoms with E-state index in [1.165, 1.54) is 23.8 Å². The van der Waals surface area contributed by atoms with Crippen LogP contribution in [0.4, 0.5) is 0 Å². The third-order valence-electron chi connectivity index (χ3n) is 2.36. The third kappa shape index (κ3) is 5.03. The predicted molar refractivity (Wildman–Crippen MR) is 79.6 cm³/mol. The first-order valence-electron chi connectivity index (χ1n) is 6.60. The maximum atomic E-state index is 4.34. The van der Waals surface area contributed by atoms with Crippen LogP contribution in [0.1, 0.15) is 53.2 Å². The van der Waals surface area contributed by atoms with Crippen LogP contribution >= 0.6 is 0 Å². The molecule has 0 aliphatic rings. The number of aromatic amines is 1. The van der Waals surface area contributed by atoms with Crippen molar-refractivity contribution in [3.05, 3.63) is 29.6 Å². The number of aromatic nitrogens is 2. The fraction of sp³-hybridized carbons (Fsp3) is 0.533. The van der Waals surface area contributed by atoms with E-state index in [4.69, 9.17) is 0 Å². The maximum Gasteiger partial charge on any atom is 0.137 e. The predicted octanol–water partition coefficient (Wildman–Crippen LogP) is 5.26. The Hall–Kier alpha value is -1.31. The Labute approximate surface area is 107 Å².